The molecule has 0 bridgehead atoms. The molecule has 0 fully saturated rings. The Labute approximate surface area is 828 Å². The summed E-state index contributed by atoms with van der Waals surface area (Å²) < 4.78 is 27.4. The van der Waals surface area contributed by atoms with Gasteiger partial charge in [0, 0.05) is 157 Å². The minimum atomic E-state index is 0.687. The Bertz CT molecular complexity index is 7910. The summed E-state index contributed by atoms with van der Waals surface area (Å²) in [5, 5.41) is 7.49. The van der Waals surface area contributed by atoms with E-state index in [2.05, 4.69) is 384 Å². The van der Waals surface area contributed by atoms with E-state index in [1.54, 1.807) is 0 Å². The third kappa shape index (κ3) is 18.3. The van der Waals surface area contributed by atoms with E-state index >= 15 is 0 Å². The molecule has 0 amide bonds. The minimum Gasteiger partial charge on any atom is -0.455 e. The molecule has 668 valence electrons. The van der Waals surface area contributed by atoms with Crippen LogP contribution in [0.3, 0.4) is 0 Å². The molecule has 0 atom stereocenters. The minimum absolute atomic E-state index is 0.687. The number of benzene rings is 16. The van der Waals surface area contributed by atoms with Crippen molar-refractivity contribution in [1.29, 1.82) is 0 Å². The lowest BCUT2D eigenvalue weighted by Gasteiger charge is -2.08. The van der Waals surface area contributed by atoms with Gasteiger partial charge >= 0.3 is 0 Å². The number of furan rings is 4. The summed E-state index contributed by atoms with van der Waals surface area (Å²) in [6, 6.07) is 146. The molecule has 0 aliphatic rings. The van der Waals surface area contributed by atoms with E-state index in [0.29, 0.717) is 10.0 Å². The average molecular weight is 1930 g/mol. The van der Waals surface area contributed by atoms with Crippen molar-refractivity contribution in [3.8, 4) is 180 Å². The van der Waals surface area contributed by atoms with E-state index in [1.807, 2.05) is 111 Å². The summed E-state index contributed by atoms with van der Waals surface area (Å²) in [6.45, 7) is 10.3. The highest BCUT2D eigenvalue weighted by Crippen LogP contribution is 2.53. The predicted octanol–water partition coefficient (Wildman–Crippen LogP) is 38.6. The molecule has 0 saturated heterocycles. The third-order valence-electron chi connectivity index (χ3n) is 25.3. The van der Waals surface area contributed by atoms with Gasteiger partial charge < -0.3 is 37.6 Å². The fourth-order valence-corrected chi connectivity index (χ4v) is 19.0. The van der Waals surface area contributed by atoms with Gasteiger partial charge in [0.05, 0.1) is 22.8 Å². The average Bonchev–Trinajstić information content (AvgIpc) is 1.60. The van der Waals surface area contributed by atoms with Crippen molar-refractivity contribution in [3.05, 3.63) is 477 Å². The van der Waals surface area contributed by atoms with Gasteiger partial charge in [0.1, 0.15) is 46.1 Å². The maximum absolute atomic E-state index is 6.64. The maximum atomic E-state index is 6.64. The van der Waals surface area contributed by atoms with Crippen molar-refractivity contribution in [2.45, 2.75) is 34.6 Å². The highest BCUT2D eigenvalue weighted by atomic mass is 79.9. The summed E-state index contributed by atoms with van der Waals surface area (Å²) >= 11 is 28.6. The highest BCUT2D eigenvalue weighted by Gasteiger charge is 2.30. The molecule has 0 saturated carbocycles. The van der Waals surface area contributed by atoms with Gasteiger partial charge in [-0.25, -0.2) is 0 Å². The Balaban J connectivity index is 0.000000110. The number of rotatable bonds is 16. The number of hydrogen-bond donors (Lipinski definition) is 4. The van der Waals surface area contributed by atoms with E-state index in [0.717, 1.165) is 233 Å². The molecular weight excluding hydrogens is 1840 g/mol. The fourth-order valence-electron chi connectivity index (χ4n) is 18.2. The number of nitrogens with one attached hydrogen (secondary N) is 4. The molecule has 0 radical (unpaired) electrons. The molecule has 0 aliphatic heterocycles. The van der Waals surface area contributed by atoms with Crippen molar-refractivity contribution in [2.75, 3.05) is 0 Å². The topological polar surface area (TPSA) is 116 Å². The van der Waals surface area contributed by atoms with E-state index in [1.165, 1.54) is 33.0 Å². The lowest BCUT2D eigenvalue weighted by Crippen LogP contribution is -1.85. The van der Waals surface area contributed by atoms with Crippen LogP contribution in [0.15, 0.2) is 447 Å². The molecule has 0 spiro atoms. The van der Waals surface area contributed by atoms with Crippen molar-refractivity contribution in [3.63, 3.8) is 0 Å². The molecule has 24 rings (SSSR count). The van der Waals surface area contributed by atoms with Crippen LogP contribution in [0, 0.1) is 34.6 Å². The standard InChI is InChI=1S/C32H23Cl2NO.C32H25NO.C31H22BrNO.C30H19Cl2NO/c1-19-16-22(12-14-26(19)33)29-18-25(32(36-29)23-13-15-27(34)20(2)17-23)30-24-10-6-7-11-28(24)35-31(30)21-8-4-3-5-9-21;1-21-12-16-23(17-13-21)29-20-27(32(34-29)25-18-14-22(2)15-19-25)30-26-10-6-7-11-28(26)33-31(30)24-8-4-3-5-9-24;1-20-11-13-21(14-12-20)28-19-26(31(34-28)23-15-17-24(32)18-16-23)29-25-9-5-6-10-27(25)33-30(29)22-7-3-2-4-8-22;31-22-14-10-19(11-15-22)27-18-25(30(34-27)21-12-16-23(32)17-13-21)28-24-8-4-5-9-26(24)33-29(28)20-6-2-1-3-7-20/h3-18,35H,1-2H3;3-20,33H,1-2H3;2-19,33H,1H3;1-18,33H. The van der Waals surface area contributed by atoms with E-state index in [-0.39, 0.29) is 0 Å². The number of fused-ring (bicyclic) bond motifs is 4. The van der Waals surface area contributed by atoms with Crippen LogP contribution in [0.25, 0.3) is 224 Å². The Hall–Kier alpha value is -15.6. The zero-order chi connectivity index (χ0) is 94.0. The number of H-pyrrole nitrogens is 4. The van der Waals surface area contributed by atoms with Crippen LogP contribution in [-0.2, 0) is 0 Å². The molecule has 13 heteroatoms. The second-order valence-corrected chi connectivity index (χ2v) is 37.2. The van der Waals surface area contributed by atoms with Gasteiger partial charge in [-0.05, 0) is 214 Å². The molecule has 16 aromatic carbocycles. The summed E-state index contributed by atoms with van der Waals surface area (Å²) in [5.41, 5.74) is 35.8. The Morgan fingerprint density at radius 1 is 0.203 bits per heavy atom. The van der Waals surface area contributed by atoms with Crippen LogP contribution < -0.4 is 0 Å². The van der Waals surface area contributed by atoms with Crippen molar-refractivity contribution < 1.29 is 17.7 Å². The van der Waals surface area contributed by atoms with E-state index < -0.39 is 0 Å². The highest BCUT2D eigenvalue weighted by molar-refractivity contribution is 9.10. The largest absolute Gasteiger partial charge is 0.455 e. The summed E-state index contributed by atoms with van der Waals surface area (Å²) in [6.07, 6.45) is 0. The molecule has 8 heterocycles. The van der Waals surface area contributed by atoms with Crippen LogP contribution in [0.1, 0.15) is 27.8 Å². The van der Waals surface area contributed by atoms with Gasteiger partial charge in [-0.1, -0.05) is 358 Å². The maximum Gasteiger partial charge on any atom is 0.142 e. The van der Waals surface area contributed by atoms with Gasteiger partial charge in [-0.3, -0.25) is 0 Å². The Morgan fingerprint density at radius 2 is 0.428 bits per heavy atom. The first kappa shape index (κ1) is 89.0. The number of aryl methyl sites for hydroxylation is 5. The predicted molar refractivity (Wildman–Crippen MR) is 581 cm³/mol. The lowest BCUT2D eigenvalue weighted by molar-refractivity contribution is 0.597. The second kappa shape index (κ2) is 39.0. The normalized spacial score (nSPS) is 11.3. The lowest BCUT2D eigenvalue weighted by atomic mass is 9.95. The molecule has 4 N–H and O–H groups in total. The van der Waals surface area contributed by atoms with Crippen molar-refractivity contribution in [1.82, 2.24) is 19.9 Å². The van der Waals surface area contributed by atoms with Gasteiger partial charge in [0.15, 0.2) is 0 Å². The smallest absolute Gasteiger partial charge is 0.142 e. The summed E-state index contributed by atoms with van der Waals surface area (Å²) in [4.78, 5) is 14.7. The number of aromatic nitrogens is 4. The van der Waals surface area contributed by atoms with Crippen LogP contribution >= 0.6 is 62.3 Å². The molecule has 8 nitrogen and oxygen atoms in total. The molecule has 8 aromatic heterocycles. The van der Waals surface area contributed by atoms with Crippen molar-refractivity contribution >= 4 is 106 Å². The Kier molecular flexibility index (Phi) is 25.2. The fraction of sp³-hybridized carbons (Fsp3) is 0.0400. The first-order chi connectivity index (χ1) is 67.5. The second-order valence-electron chi connectivity index (χ2n) is 34.6. The van der Waals surface area contributed by atoms with Crippen molar-refractivity contribution in [2.24, 2.45) is 0 Å². The summed E-state index contributed by atoms with van der Waals surface area (Å²) in [7, 11) is 0. The zero-order valence-electron chi connectivity index (χ0n) is 75.9. The number of halogens is 5. The molecule has 138 heavy (non-hydrogen) atoms. The van der Waals surface area contributed by atoms with Crippen LogP contribution in [0.5, 0.6) is 0 Å². The Morgan fingerprint density at radius 3 is 0.725 bits per heavy atom. The van der Waals surface area contributed by atoms with Crippen LogP contribution in [0.4, 0.5) is 0 Å². The zero-order valence-corrected chi connectivity index (χ0v) is 80.5. The van der Waals surface area contributed by atoms with E-state index in [4.69, 9.17) is 64.1 Å². The third-order valence-corrected chi connectivity index (χ3v) is 27.2. The molecule has 0 aliphatic carbocycles. The monoisotopic (exact) mass is 1930 g/mol. The first-order valence-corrected chi connectivity index (χ1v) is 48.0. The number of aromatic amines is 4. The van der Waals surface area contributed by atoms with Crippen LogP contribution in [0.2, 0.25) is 20.1 Å². The SMILES string of the molecule is Cc1cc(-c2cc(-c3c(-c4ccccc4)[nH]c4ccccc34)c(-c3ccc(Cl)c(C)c3)o2)ccc1Cl.Cc1ccc(-c2cc(-c3c(-c4ccccc4)[nH]c4ccccc34)c(-c3ccc(Br)cc3)o2)cc1.Cc1ccc(-c2cc(-c3c(-c4ccccc4)[nH]c4ccccc34)c(-c3ccc(C)cc3)o2)cc1.Clc1ccc(-c2cc(-c3c(-c4ccccc4)[nH]c4ccccc34)c(-c3ccc(Cl)cc3)o2)cc1. The first-order valence-electron chi connectivity index (χ1n) is 45.7. The molecule has 24 aromatic rings. The van der Waals surface area contributed by atoms with E-state index in [9.17, 15) is 0 Å². The van der Waals surface area contributed by atoms with Gasteiger partial charge in [0.2, 0.25) is 0 Å². The van der Waals surface area contributed by atoms with Gasteiger partial charge in [-0.2, -0.15) is 0 Å². The number of para-hydroxylation sites is 4. The molecular formula is C125H89BrCl4N4O4. The quantitative estimate of drug-likeness (QED) is 0.0771. The van der Waals surface area contributed by atoms with Gasteiger partial charge in [-0.15, -0.1) is 0 Å². The van der Waals surface area contributed by atoms with Crippen LogP contribution in [-0.4, -0.2) is 19.9 Å². The van der Waals surface area contributed by atoms with Gasteiger partial charge in [0.25, 0.3) is 0 Å². The number of hydrogen-bond acceptors (Lipinski definition) is 4. The molecule has 0 unspecified atom stereocenters. The summed E-state index contributed by atoms with van der Waals surface area (Å²) in [5.74, 6) is 6.65.